The van der Waals surface area contributed by atoms with Crippen LogP contribution in [0.4, 0.5) is 0 Å². The highest BCUT2D eigenvalue weighted by Gasteiger charge is 2.28. The van der Waals surface area contributed by atoms with Gasteiger partial charge in [0, 0.05) is 12.8 Å². The number of rotatable bonds is 40. The molecule has 0 aromatic rings. The van der Waals surface area contributed by atoms with E-state index in [1.807, 2.05) is 0 Å². The van der Waals surface area contributed by atoms with Crippen molar-refractivity contribution in [2.75, 3.05) is 19.8 Å². The molecule has 0 spiro atoms. The lowest BCUT2D eigenvalue weighted by atomic mass is 10.0. The summed E-state index contributed by atoms with van der Waals surface area (Å²) < 4.78 is 32.6. The molecule has 0 amide bonds. The van der Waals surface area contributed by atoms with E-state index in [-0.39, 0.29) is 19.4 Å². The van der Waals surface area contributed by atoms with Crippen LogP contribution in [0.3, 0.4) is 0 Å². The molecule has 3 atom stereocenters. The molecule has 0 aromatic heterocycles. The summed E-state index contributed by atoms with van der Waals surface area (Å²) in [6, 6.07) is -1.52. The van der Waals surface area contributed by atoms with E-state index < -0.39 is 51.1 Å². The highest BCUT2D eigenvalue weighted by molar-refractivity contribution is 7.47. The maximum absolute atomic E-state index is 12.6. The van der Waals surface area contributed by atoms with E-state index in [4.69, 9.17) is 24.8 Å². The average Bonchev–Trinajstić information content (AvgIpc) is 3.16. The summed E-state index contributed by atoms with van der Waals surface area (Å²) >= 11 is 0. The van der Waals surface area contributed by atoms with Crippen molar-refractivity contribution in [1.29, 1.82) is 0 Å². The Balaban J connectivity index is 4.34. The molecule has 0 heterocycles. The zero-order valence-electron chi connectivity index (χ0n) is 34.5. The molecule has 0 fully saturated rings. The monoisotopic (exact) mass is 800 g/mol. The first-order chi connectivity index (χ1) is 26.6. The van der Waals surface area contributed by atoms with Crippen LogP contribution in [0, 0.1) is 0 Å². The van der Waals surface area contributed by atoms with E-state index in [2.05, 4.69) is 54.8 Å². The first-order valence-electron chi connectivity index (χ1n) is 21.5. The molecule has 0 saturated heterocycles. The first-order valence-corrected chi connectivity index (χ1v) is 23.0. The zero-order valence-corrected chi connectivity index (χ0v) is 35.4. The van der Waals surface area contributed by atoms with Crippen molar-refractivity contribution in [3.05, 3.63) is 36.5 Å². The molecule has 0 saturated carbocycles. The van der Waals surface area contributed by atoms with E-state index in [0.29, 0.717) is 12.8 Å². The van der Waals surface area contributed by atoms with Gasteiger partial charge in [-0.25, -0.2) is 4.57 Å². The van der Waals surface area contributed by atoms with Gasteiger partial charge in [0.1, 0.15) is 12.6 Å². The van der Waals surface area contributed by atoms with Crippen LogP contribution < -0.4 is 5.73 Å². The van der Waals surface area contributed by atoms with E-state index in [1.54, 1.807) is 0 Å². The first kappa shape index (κ1) is 52.7. The van der Waals surface area contributed by atoms with Gasteiger partial charge in [0.25, 0.3) is 0 Å². The van der Waals surface area contributed by atoms with Gasteiger partial charge in [-0.15, -0.1) is 0 Å². The van der Waals surface area contributed by atoms with Gasteiger partial charge in [-0.2, -0.15) is 0 Å². The minimum absolute atomic E-state index is 0.127. The lowest BCUT2D eigenvalue weighted by molar-refractivity contribution is -0.161. The number of hydrogen-bond donors (Lipinski definition) is 3. The van der Waals surface area contributed by atoms with Crippen LogP contribution in [0.2, 0.25) is 0 Å². The molecule has 4 N–H and O–H groups in total. The summed E-state index contributed by atoms with van der Waals surface area (Å²) in [6.45, 7) is 2.66. The number of carboxylic acids is 1. The fraction of sp³-hybridized carbons (Fsp3) is 0.791. The predicted molar refractivity (Wildman–Crippen MR) is 222 cm³/mol. The Morgan fingerprint density at radius 3 is 1.53 bits per heavy atom. The lowest BCUT2D eigenvalue weighted by Gasteiger charge is -2.20. The number of nitrogens with two attached hydrogens (primary N) is 1. The molecule has 320 valence electrons. The van der Waals surface area contributed by atoms with Crippen molar-refractivity contribution in [3.8, 4) is 0 Å². The van der Waals surface area contributed by atoms with Gasteiger partial charge in [0.15, 0.2) is 6.10 Å². The maximum atomic E-state index is 12.6. The number of carbonyl (C=O) groups excluding carboxylic acids is 2. The fourth-order valence-corrected chi connectivity index (χ4v) is 6.56. The second kappa shape index (κ2) is 38.6. The van der Waals surface area contributed by atoms with Crippen LogP contribution in [0.5, 0.6) is 0 Å². The highest BCUT2D eigenvalue weighted by Crippen LogP contribution is 2.43. The summed E-state index contributed by atoms with van der Waals surface area (Å²) in [5.41, 5.74) is 5.33. The minimum Gasteiger partial charge on any atom is -0.480 e. The summed E-state index contributed by atoms with van der Waals surface area (Å²) in [7, 11) is -4.72. The van der Waals surface area contributed by atoms with Crippen LogP contribution in [0.15, 0.2) is 36.5 Å². The smallest absolute Gasteiger partial charge is 0.472 e. The van der Waals surface area contributed by atoms with Crippen LogP contribution in [-0.4, -0.2) is 59.9 Å². The van der Waals surface area contributed by atoms with Crippen molar-refractivity contribution in [2.45, 2.75) is 199 Å². The Labute approximate surface area is 333 Å². The molecule has 11 nitrogen and oxygen atoms in total. The predicted octanol–water partition coefficient (Wildman–Crippen LogP) is 11.2. The molecule has 0 bridgehead atoms. The Hall–Kier alpha value is -2.30. The number of esters is 2. The van der Waals surface area contributed by atoms with Gasteiger partial charge in [0.05, 0.1) is 13.2 Å². The molecule has 3 unspecified atom stereocenters. The second-order valence-corrected chi connectivity index (χ2v) is 15.9. The summed E-state index contributed by atoms with van der Waals surface area (Å²) in [5, 5.41) is 8.88. The van der Waals surface area contributed by atoms with Crippen LogP contribution in [0.1, 0.15) is 187 Å². The third-order valence-electron chi connectivity index (χ3n) is 9.15. The van der Waals surface area contributed by atoms with Crippen molar-refractivity contribution in [1.82, 2.24) is 0 Å². The SMILES string of the molecule is CC/C=C\C/C=C\C/C=C\CCCCCC(=O)OC(COC(=O)CCCCCCCCCCCCCCCCCCCC)COP(=O)(O)OCC(N)C(=O)O. The fourth-order valence-electron chi connectivity index (χ4n) is 5.79. The molecule has 0 aliphatic rings. The molecule has 0 radical (unpaired) electrons. The number of phosphoric acid groups is 1. The topological polar surface area (TPSA) is 172 Å². The number of carboxylic acid groups (broad SMARTS) is 1. The average molecular weight is 800 g/mol. The number of hydrogen-bond acceptors (Lipinski definition) is 9. The lowest BCUT2D eigenvalue weighted by Crippen LogP contribution is -2.34. The summed E-state index contributed by atoms with van der Waals surface area (Å²) in [4.78, 5) is 45.9. The van der Waals surface area contributed by atoms with E-state index >= 15 is 0 Å². The Morgan fingerprint density at radius 1 is 0.582 bits per heavy atom. The van der Waals surface area contributed by atoms with Crippen molar-refractivity contribution < 1.29 is 47.5 Å². The standard InChI is InChI=1S/C43H78NO10P/c1-3-5-7-9-11-13-15-17-18-19-20-21-23-24-26-28-30-32-34-41(45)51-36-39(37-52-55(49,50)53-38-40(44)43(47)48)54-42(46)35-33-31-29-27-25-22-16-14-12-10-8-6-4-2/h6,8,12,14,22,25,39-40H,3-5,7,9-11,13,15-21,23-24,26-38,44H2,1-2H3,(H,47,48)(H,49,50)/b8-6-,14-12-,25-22-. The van der Waals surface area contributed by atoms with Crippen LogP contribution >= 0.6 is 7.82 Å². The van der Waals surface area contributed by atoms with Gasteiger partial charge in [-0.05, 0) is 44.9 Å². The largest absolute Gasteiger partial charge is 0.480 e. The number of ether oxygens (including phenoxy) is 2. The van der Waals surface area contributed by atoms with Crippen LogP contribution in [0.25, 0.3) is 0 Å². The van der Waals surface area contributed by atoms with Crippen molar-refractivity contribution in [3.63, 3.8) is 0 Å². The quantitative estimate of drug-likeness (QED) is 0.0233. The number of carbonyl (C=O) groups is 3. The zero-order chi connectivity index (χ0) is 40.7. The van der Waals surface area contributed by atoms with Gasteiger partial charge in [0.2, 0.25) is 0 Å². The van der Waals surface area contributed by atoms with Crippen molar-refractivity contribution >= 4 is 25.7 Å². The normalized spacial score (nSPS) is 14.1. The van der Waals surface area contributed by atoms with Gasteiger partial charge in [-0.1, -0.05) is 166 Å². The summed E-state index contributed by atoms with van der Waals surface area (Å²) in [6.07, 6.45) is 40.7. The third kappa shape index (κ3) is 38.4. The molecule has 55 heavy (non-hydrogen) atoms. The molecular formula is C43H78NO10P. The van der Waals surface area contributed by atoms with Crippen molar-refractivity contribution in [2.24, 2.45) is 5.73 Å². The Morgan fingerprint density at radius 2 is 1.02 bits per heavy atom. The number of phosphoric ester groups is 1. The molecule has 0 rings (SSSR count). The van der Waals surface area contributed by atoms with E-state index in [1.165, 1.54) is 89.9 Å². The number of unbranched alkanes of at least 4 members (excludes halogenated alkanes) is 20. The highest BCUT2D eigenvalue weighted by atomic mass is 31.2. The molecule has 0 aliphatic heterocycles. The Bertz CT molecular complexity index is 1080. The molecular weight excluding hydrogens is 721 g/mol. The van der Waals surface area contributed by atoms with Gasteiger partial charge in [-0.3, -0.25) is 23.4 Å². The molecule has 12 heteroatoms. The number of aliphatic carboxylic acids is 1. The van der Waals surface area contributed by atoms with E-state index in [0.717, 1.165) is 57.8 Å². The minimum atomic E-state index is -4.72. The summed E-state index contributed by atoms with van der Waals surface area (Å²) in [5.74, 6) is -2.41. The van der Waals surface area contributed by atoms with Gasteiger partial charge < -0.3 is 25.2 Å². The molecule has 0 aliphatic carbocycles. The van der Waals surface area contributed by atoms with Crippen LogP contribution in [-0.2, 0) is 37.5 Å². The van der Waals surface area contributed by atoms with Gasteiger partial charge >= 0.3 is 25.7 Å². The Kier molecular flexibility index (Phi) is 37.0. The number of allylic oxidation sites excluding steroid dienone is 6. The third-order valence-corrected chi connectivity index (χ3v) is 10.1. The molecule has 0 aromatic carbocycles. The maximum Gasteiger partial charge on any atom is 0.472 e. The van der Waals surface area contributed by atoms with E-state index in [9.17, 15) is 23.8 Å². The second-order valence-electron chi connectivity index (χ2n) is 14.5.